The van der Waals surface area contributed by atoms with E-state index < -0.39 is 12.1 Å². The van der Waals surface area contributed by atoms with Gasteiger partial charge in [-0.25, -0.2) is 0 Å². The molecule has 4 heterocycles. The lowest BCUT2D eigenvalue weighted by Crippen LogP contribution is -2.68. The Morgan fingerprint density at radius 1 is 1.13 bits per heavy atom. The van der Waals surface area contributed by atoms with Gasteiger partial charge in [-0.3, -0.25) is 19.6 Å². The number of nitriles is 1. The number of carbonyl (C=O) groups is 1. The van der Waals surface area contributed by atoms with Gasteiger partial charge in [-0.15, -0.1) is 0 Å². The second-order valence-electron chi connectivity index (χ2n) is 13.0. The molecule has 4 aliphatic heterocycles. The van der Waals surface area contributed by atoms with E-state index in [1.54, 1.807) is 0 Å². The van der Waals surface area contributed by atoms with E-state index >= 15 is 0 Å². The number of aryl methyl sites for hydroxylation is 1. The summed E-state index contributed by atoms with van der Waals surface area (Å²) in [6.45, 7) is 8.28. The number of hydrogen-bond donors (Lipinski definition) is 5. The molecule has 1 amide bonds. The topological polar surface area (TPSA) is 183 Å². The van der Waals surface area contributed by atoms with Gasteiger partial charge in [-0.2, -0.15) is 5.26 Å². The largest absolute Gasteiger partial charge is 0.507 e. The summed E-state index contributed by atoms with van der Waals surface area (Å²) in [4.78, 5) is 21.8. The maximum atomic E-state index is 13.4. The molecule has 12 nitrogen and oxygen atoms in total. The number of nitrogens with zero attached hydrogens (tertiary/aromatic N) is 4. The van der Waals surface area contributed by atoms with E-state index in [1.165, 1.54) is 0 Å². The Labute approximate surface area is 263 Å². The van der Waals surface area contributed by atoms with Crippen molar-refractivity contribution in [1.82, 2.24) is 15.1 Å². The highest BCUT2D eigenvalue weighted by Crippen LogP contribution is 2.57. The Morgan fingerprint density at radius 3 is 2.58 bits per heavy atom. The molecule has 1 saturated heterocycles. The summed E-state index contributed by atoms with van der Waals surface area (Å²) in [6.07, 6.45) is 2.30. The van der Waals surface area contributed by atoms with Crippen LogP contribution in [0.5, 0.6) is 23.0 Å². The Morgan fingerprint density at radius 2 is 1.87 bits per heavy atom. The second kappa shape index (κ2) is 11.6. The fourth-order valence-electron chi connectivity index (χ4n) is 8.02. The molecule has 6 rings (SSSR count). The molecule has 1 fully saturated rings. The zero-order valence-electron chi connectivity index (χ0n) is 26.6. The van der Waals surface area contributed by atoms with Crippen LogP contribution in [-0.2, 0) is 17.6 Å². The molecule has 6 atom stereocenters. The smallest absolute Gasteiger partial charge is 0.231 e. The number of nitrogens with two attached hydrogens (primary N) is 2. The number of phenolic OH excluding ortho intramolecular Hbond substituents is 2. The number of hydrogen-bond acceptors (Lipinski definition) is 9. The molecule has 7 N–H and O–H groups in total. The van der Waals surface area contributed by atoms with Crippen molar-refractivity contribution in [3.05, 3.63) is 45.0 Å². The molecule has 4 aliphatic rings. The monoisotopic (exact) mass is 617 g/mol. The molecule has 240 valence electrons. The lowest BCUT2D eigenvalue weighted by molar-refractivity contribution is -0.125. The summed E-state index contributed by atoms with van der Waals surface area (Å²) in [5.74, 6) is 1.09. The summed E-state index contributed by atoms with van der Waals surface area (Å²) in [5, 5.41) is 37.0. The van der Waals surface area contributed by atoms with Crippen LogP contribution in [0, 0.1) is 38.0 Å². The van der Waals surface area contributed by atoms with Crippen LogP contribution in [0.4, 0.5) is 0 Å². The first kappa shape index (κ1) is 30.8. The number of amides is 1. The average molecular weight is 618 g/mol. The molecular formula is C33H43N7O5. The highest BCUT2D eigenvalue weighted by atomic mass is 16.7. The lowest BCUT2D eigenvalue weighted by Gasteiger charge is -2.60. The zero-order chi connectivity index (χ0) is 32.3. The van der Waals surface area contributed by atoms with E-state index in [0.717, 1.165) is 33.4 Å². The second-order valence-corrected chi connectivity index (χ2v) is 13.0. The van der Waals surface area contributed by atoms with Crippen LogP contribution >= 0.6 is 0 Å². The predicted octanol–water partition coefficient (Wildman–Crippen LogP) is 2.33. The van der Waals surface area contributed by atoms with Crippen molar-refractivity contribution in [3.8, 4) is 29.1 Å². The van der Waals surface area contributed by atoms with Gasteiger partial charge in [0.25, 0.3) is 0 Å². The van der Waals surface area contributed by atoms with Gasteiger partial charge < -0.3 is 36.5 Å². The van der Waals surface area contributed by atoms with Gasteiger partial charge in [0, 0.05) is 53.3 Å². The van der Waals surface area contributed by atoms with Crippen molar-refractivity contribution in [2.24, 2.45) is 22.4 Å². The third kappa shape index (κ3) is 4.89. The molecular weight excluding hydrogens is 574 g/mol. The van der Waals surface area contributed by atoms with E-state index in [1.807, 2.05) is 34.7 Å². The highest BCUT2D eigenvalue weighted by molar-refractivity contribution is 5.78. The van der Waals surface area contributed by atoms with Crippen LogP contribution in [-0.4, -0.2) is 76.9 Å². The Balaban J connectivity index is 1.43. The maximum Gasteiger partial charge on any atom is 0.231 e. The number of benzene rings is 2. The van der Waals surface area contributed by atoms with Crippen molar-refractivity contribution >= 4 is 11.9 Å². The van der Waals surface area contributed by atoms with Crippen LogP contribution < -0.4 is 26.3 Å². The van der Waals surface area contributed by atoms with Gasteiger partial charge in [-0.05, 0) is 70.2 Å². The van der Waals surface area contributed by atoms with E-state index in [2.05, 4.69) is 32.2 Å². The molecule has 2 aromatic rings. The molecule has 2 bridgehead atoms. The first-order valence-electron chi connectivity index (χ1n) is 15.6. The fourth-order valence-corrected chi connectivity index (χ4v) is 8.02. The van der Waals surface area contributed by atoms with E-state index in [9.17, 15) is 20.3 Å². The highest BCUT2D eigenvalue weighted by Gasteiger charge is 2.56. The van der Waals surface area contributed by atoms with E-state index in [0.29, 0.717) is 49.3 Å². The first-order valence-corrected chi connectivity index (χ1v) is 15.6. The van der Waals surface area contributed by atoms with E-state index in [4.69, 9.17) is 20.9 Å². The standard InChI is InChI=1S/C33H43N7O5/c1-15(7-6-8-37-33(35)36)32(43)38-13-24-26-20(28(41)18(4)30-31(26)45-14-44-30)11-22-27-25-19(9-16(2)17(3)29(25)42)10-21(39(27)5)23(12-34)40(22)24/h9,15,21-24,27,41-42H,6-8,10-11,13-14H2,1-5H3,(H,38,43)(H4,35,36,37)/t15-,21+,22?,23-,24-,27-/m0/s1. The number of carbonyl (C=O) groups excluding carboxylic acids is 1. The predicted molar refractivity (Wildman–Crippen MR) is 168 cm³/mol. The number of guanidine groups is 1. The van der Waals surface area contributed by atoms with Crippen molar-refractivity contribution < 1.29 is 24.5 Å². The van der Waals surface area contributed by atoms with Crippen molar-refractivity contribution in [1.29, 1.82) is 5.26 Å². The number of phenols is 2. The van der Waals surface area contributed by atoms with Crippen molar-refractivity contribution in [2.75, 3.05) is 26.9 Å². The molecule has 12 heteroatoms. The van der Waals surface area contributed by atoms with Gasteiger partial charge in [0.05, 0.1) is 18.2 Å². The van der Waals surface area contributed by atoms with Crippen LogP contribution in [0.2, 0.25) is 0 Å². The minimum atomic E-state index is -0.526. The number of rotatable bonds is 7. The van der Waals surface area contributed by atoms with Crippen LogP contribution in [0.25, 0.3) is 0 Å². The van der Waals surface area contributed by atoms with Crippen molar-refractivity contribution in [3.63, 3.8) is 0 Å². The summed E-state index contributed by atoms with van der Waals surface area (Å²) in [6, 6.07) is 3.07. The number of aliphatic imine (C=N–C) groups is 1. The molecule has 2 aromatic carbocycles. The third-order valence-corrected chi connectivity index (χ3v) is 10.5. The minimum absolute atomic E-state index is 0.0247. The SMILES string of the molecule is Cc1cc2c(c(O)c1C)[C@@H]1C3Cc4c(O)c(C)c5c(c4[C@H](CNC(=O)[C@@H](C)CCCN=C(N)N)N3[C@@H](C#N)[C@@H](C2)N1C)OCO5. The number of likely N-dealkylation sites (N-methyl/N-ethyl adjacent to an activating group) is 1. The quantitative estimate of drug-likeness (QED) is 0.176. The fraction of sp³-hybridized carbons (Fsp3) is 0.545. The maximum absolute atomic E-state index is 13.4. The lowest BCUT2D eigenvalue weighted by atomic mass is 9.71. The summed E-state index contributed by atoms with van der Waals surface area (Å²) >= 11 is 0. The Kier molecular flexibility index (Phi) is 7.95. The first-order chi connectivity index (χ1) is 21.5. The number of nitrogens with one attached hydrogen (secondary N) is 1. The van der Waals surface area contributed by atoms with Gasteiger partial charge in [0.15, 0.2) is 17.5 Å². The number of piperazine rings is 1. The zero-order valence-corrected chi connectivity index (χ0v) is 26.6. The minimum Gasteiger partial charge on any atom is -0.507 e. The normalized spacial score (nSPS) is 25.4. The molecule has 0 radical (unpaired) electrons. The average Bonchev–Trinajstić information content (AvgIpc) is 3.50. The third-order valence-electron chi connectivity index (χ3n) is 10.5. The number of ether oxygens (including phenoxy) is 2. The van der Waals surface area contributed by atoms with Gasteiger partial charge >= 0.3 is 0 Å². The number of fused-ring (bicyclic) bond motifs is 9. The van der Waals surface area contributed by atoms with Gasteiger partial charge in [0.2, 0.25) is 12.7 Å². The summed E-state index contributed by atoms with van der Waals surface area (Å²) in [7, 11) is 2.02. The van der Waals surface area contributed by atoms with Crippen LogP contribution in [0.1, 0.15) is 70.8 Å². The van der Waals surface area contributed by atoms with E-state index in [-0.39, 0.29) is 60.7 Å². The van der Waals surface area contributed by atoms with Gasteiger partial charge in [-0.1, -0.05) is 13.0 Å². The summed E-state index contributed by atoms with van der Waals surface area (Å²) in [5.41, 5.74) is 16.7. The summed E-state index contributed by atoms with van der Waals surface area (Å²) < 4.78 is 11.8. The molecule has 45 heavy (non-hydrogen) atoms. The molecule has 1 unspecified atom stereocenters. The molecule has 0 aromatic heterocycles. The van der Waals surface area contributed by atoms with Crippen LogP contribution in [0.15, 0.2) is 11.1 Å². The molecule has 0 saturated carbocycles. The van der Waals surface area contributed by atoms with Crippen molar-refractivity contribution in [2.45, 2.75) is 83.6 Å². The Bertz CT molecular complexity index is 1610. The van der Waals surface area contributed by atoms with Gasteiger partial charge in [0.1, 0.15) is 17.5 Å². The Hall–Kier alpha value is -4.21. The van der Waals surface area contributed by atoms with Crippen LogP contribution in [0.3, 0.4) is 0 Å². The molecule has 0 aliphatic carbocycles. The number of aromatic hydroxyl groups is 2. The molecule has 0 spiro atoms.